The molecule has 5 aromatic rings. The maximum atomic E-state index is 13.7. The lowest BCUT2D eigenvalue weighted by molar-refractivity contribution is 0.623. The van der Waals surface area contributed by atoms with Gasteiger partial charge in [-0.3, -0.25) is 4.57 Å². The van der Waals surface area contributed by atoms with Gasteiger partial charge in [0.05, 0.1) is 18.6 Å². The summed E-state index contributed by atoms with van der Waals surface area (Å²) in [5, 5.41) is 3.35. The van der Waals surface area contributed by atoms with Gasteiger partial charge in [-0.05, 0) is 19.1 Å². The first-order valence-corrected chi connectivity index (χ1v) is 8.70. The van der Waals surface area contributed by atoms with Crippen LogP contribution in [0.5, 0.6) is 0 Å². The predicted octanol–water partition coefficient (Wildman–Crippen LogP) is 3.40. The van der Waals surface area contributed by atoms with Gasteiger partial charge in [0.2, 0.25) is 0 Å². The van der Waals surface area contributed by atoms with Gasteiger partial charge in [-0.25, -0.2) is 29.3 Å². The van der Waals surface area contributed by atoms with Crippen molar-refractivity contribution in [3.05, 3.63) is 66.9 Å². The van der Waals surface area contributed by atoms with Crippen LogP contribution in [0.3, 0.4) is 0 Å². The molecule has 0 aliphatic carbocycles. The molecule has 0 fully saturated rings. The largest absolute Gasteiger partial charge is 0.358 e. The first-order chi connectivity index (χ1) is 13.7. The van der Waals surface area contributed by atoms with E-state index in [0.29, 0.717) is 34.0 Å². The van der Waals surface area contributed by atoms with Crippen LogP contribution in [0.1, 0.15) is 18.8 Å². The molecule has 1 atom stereocenters. The zero-order valence-electron chi connectivity index (χ0n) is 14.8. The maximum absolute atomic E-state index is 13.7. The third-order valence-electron chi connectivity index (χ3n) is 4.47. The highest BCUT2D eigenvalue weighted by Gasteiger charge is 2.20. The molecule has 1 aromatic carbocycles. The van der Waals surface area contributed by atoms with E-state index in [0.717, 1.165) is 5.69 Å². The molecule has 138 valence electrons. The van der Waals surface area contributed by atoms with E-state index in [1.165, 1.54) is 18.6 Å². The molecular weight excluding hydrogens is 359 g/mol. The van der Waals surface area contributed by atoms with Crippen molar-refractivity contribution >= 4 is 28.1 Å². The van der Waals surface area contributed by atoms with Gasteiger partial charge in [-0.15, -0.1) is 0 Å². The topological polar surface area (TPSA) is 97.2 Å². The Morgan fingerprint density at radius 2 is 1.96 bits per heavy atom. The van der Waals surface area contributed by atoms with Crippen LogP contribution < -0.4 is 5.32 Å². The molecule has 0 bridgehead atoms. The molecule has 4 aromatic heterocycles. The number of imidazole rings is 2. The maximum Gasteiger partial charge on any atom is 0.182 e. The molecule has 5 rings (SSSR count). The second kappa shape index (κ2) is 6.38. The van der Waals surface area contributed by atoms with E-state index in [9.17, 15) is 4.39 Å². The number of rotatable bonds is 4. The average molecular weight is 374 g/mol. The fraction of sp³-hybridized carbons (Fsp3) is 0.105. The molecule has 8 nitrogen and oxygen atoms in total. The molecule has 0 aliphatic heterocycles. The number of aromatic amines is 1. The smallest absolute Gasteiger partial charge is 0.182 e. The molecular formula is C19H15FN8. The van der Waals surface area contributed by atoms with Crippen molar-refractivity contribution in [2.75, 3.05) is 5.32 Å². The summed E-state index contributed by atoms with van der Waals surface area (Å²) in [6.07, 6.45) is 4.22. The zero-order valence-corrected chi connectivity index (χ0v) is 14.8. The summed E-state index contributed by atoms with van der Waals surface area (Å²) in [5.41, 5.74) is 3.25. The molecule has 0 saturated heterocycles. The Bertz CT molecular complexity index is 1280. The Hall–Kier alpha value is -3.88. The minimum Gasteiger partial charge on any atom is -0.358 e. The van der Waals surface area contributed by atoms with E-state index in [-0.39, 0.29) is 6.04 Å². The number of anilines is 1. The van der Waals surface area contributed by atoms with Crippen LogP contribution in [0.15, 0.2) is 55.2 Å². The number of aromatic nitrogens is 7. The van der Waals surface area contributed by atoms with E-state index in [4.69, 9.17) is 0 Å². The molecule has 9 heteroatoms. The van der Waals surface area contributed by atoms with Crippen molar-refractivity contribution < 1.29 is 4.39 Å². The number of nitrogens with one attached hydrogen (secondary N) is 2. The highest BCUT2D eigenvalue weighted by Crippen LogP contribution is 2.27. The number of H-pyrrole nitrogens is 1. The van der Waals surface area contributed by atoms with Crippen molar-refractivity contribution in [2.24, 2.45) is 0 Å². The van der Waals surface area contributed by atoms with Gasteiger partial charge in [0, 0.05) is 11.8 Å². The number of hydrogen-bond donors (Lipinski definition) is 2. The molecule has 1 unspecified atom stereocenters. The van der Waals surface area contributed by atoms with Crippen molar-refractivity contribution in [1.29, 1.82) is 0 Å². The monoisotopic (exact) mass is 374 g/mol. The van der Waals surface area contributed by atoms with E-state index < -0.39 is 5.82 Å². The Morgan fingerprint density at radius 1 is 1.11 bits per heavy atom. The van der Waals surface area contributed by atoms with Gasteiger partial charge >= 0.3 is 0 Å². The summed E-state index contributed by atoms with van der Waals surface area (Å²) in [6.45, 7) is 1.96. The average Bonchev–Trinajstić information content (AvgIpc) is 3.33. The lowest BCUT2D eigenvalue weighted by atomic mass is 10.2. The highest BCUT2D eigenvalue weighted by atomic mass is 19.1. The lowest BCUT2D eigenvalue weighted by Crippen LogP contribution is -2.14. The Balaban J connectivity index is 1.64. The standard InChI is InChI=1S/C19H15FN8/c1-11(26-17-15-16(23-9-22-15)24-10-25-17)18-27-14-7-12(20)8-21-19(14)28(18)13-5-3-2-4-6-13/h2-11H,1H3,(H2,22,23,24,25,26). The van der Waals surface area contributed by atoms with Gasteiger partial charge in [0.1, 0.15) is 29.0 Å². The minimum atomic E-state index is -0.424. The lowest BCUT2D eigenvalue weighted by Gasteiger charge is -2.16. The van der Waals surface area contributed by atoms with Gasteiger partial charge in [-0.2, -0.15) is 0 Å². The van der Waals surface area contributed by atoms with Crippen molar-refractivity contribution in [1.82, 2.24) is 34.5 Å². The number of pyridine rings is 1. The third kappa shape index (κ3) is 2.64. The summed E-state index contributed by atoms with van der Waals surface area (Å²) in [5.74, 6) is 0.874. The van der Waals surface area contributed by atoms with Crippen LogP contribution in [-0.2, 0) is 0 Å². The second-order valence-electron chi connectivity index (χ2n) is 6.33. The predicted molar refractivity (Wildman–Crippen MR) is 103 cm³/mol. The van der Waals surface area contributed by atoms with Crippen molar-refractivity contribution in [3.63, 3.8) is 0 Å². The molecule has 4 heterocycles. The second-order valence-corrected chi connectivity index (χ2v) is 6.33. The van der Waals surface area contributed by atoms with E-state index in [1.807, 2.05) is 41.8 Å². The molecule has 2 N–H and O–H groups in total. The third-order valence-corrected chi connectivity index (χ3v) is 4.47. The molecule has 0 spiro atoms. The van der Waals surface area contributed by atoms with Gasteiger partial charge in [-0.1, -0.05) is 18.2 Å². The van der Waals surface area contributed by atoms with Gasteiger partial charge in [0.25, 0.3) is 0 Å². The normalized spacial score (nSPS) is 12.5. The Labute approximate surface area is 158 Å². The van der Waals surface area contributed by atoms with Crippen LogP contribution in [0.25, 0.3) is 28.0 Å². The molecule has 0 aliphatic rings. The molecule has 0 amide bonds. The van der Waals surface area contributed by atoms with Crippen LogP contribution in [-0.4, -0.2) is 34.5 Å². The van der Waals surface area contributed by atoms with E-state index >= 15 is 0 Å². The summed E-state index contributed by atoms with van der Waals surface area (Å²) < 4.78 is 15.6. The summed E-state index contributed by atoms with van der Waals surface area (Å²) in [7, 11) is 0. The van der Waals surface area contributed by atoms with Crippen molar-refractivity contribution in [3.8, 4) is 5.69 Å². The number of para-hydroxylation sites is 1. The minimum absolute atomic E-state index is 0.251. The fourth-order valence-electron chi connectivity index (χ4n) is 3.22. The summed E-state index contributed by atoms with van der Waals surface area (Å²) >= 11 is 0. The van der Waals surface area contributed by atoms with E-state index in [1.54, 1.807) is 6.33 Å². The SMILES string of the molecule is CC(Nc1ncnc2nc[nH]c12)c1nc2cc(F)cnc2n1-c1ccccc1. The fourth-order valence-corrected chi connectivity index (χ4v) is 3.22. The van der Waals surface area contributed by atoms with E-state index in [2.05, 4.69) is 35.2 Å². The number of hydrogen-bond acceptors (Lipinski definition) is 6. The van der Waals surface area contributed by atoms with Gasteiger partial charge in [0.15, 0.2) is 17.1 Å². The quantitative estimate of drug-likeness (QED) is 0.500. The first kappa shape index (κ1) is 16.3. The number of halogens is 1. The highest BCUT2D eigenvalue weighted by molar-refractivity contribution is 5.82. The molecule has 28 heavy (non-hydrogen) atoms. The zero-order chi connectivity index (χ0) is 19.1. The summed E-state index contributed by atoms with van der Waals surface area (Å²) in [4.78, 5) is 24.5. The van der Waals surface area contributed by atoms with Crippen LogP contribution >= 0.6 is 0 Å². The van der Waals surface area contributed by atoms with Crippen LogP contribution in [0.2, 0.25) is 0 Å². The van der Waals surface area contributed by atoms with Gasteiger partial charge < -0.3 is 10.3 Å². The molecule has 0 saturated carbocycles. The van der Waals surface area contributed by atoms with Crippen molar-refractivity contribution in [2.45, 2.75) is 13.0 Å². The number of nitrogens with zero attached hydrogens (tertiary/aromatic N) is 6. The number of benzene rings is 1. The molecule has 0 radical (unpaired) electrons. The first-order valence-electron chi connectivity index (χ1n) is 8.70. The Kier molecular flexibility index (Phi) is 3.71. The number of fused-ring (bicyclic) bond motifs is 2. The van der Waals surface area contributed by atoms with Crippen LogP contribution in [0, 0.1) is 5.82 Å². The Morgan fingerprint density at radius 3 is 2.82 bits per heavy atom. The van der Waals surface area contributed by atoms with Crippen LogP contribution in [0.4, 0.5) is 10.2 Å². The summed E-state index contributed by atoms with van der Waals surface area (Å²) in [6, 6.07) is 10.9.